The fourth-order valence-electron chi connectivity index (χ4n) is 2.01. The van der Waals surface area contributed by atoms with Crippen LogP contribution in [0, 0.1) is 13.8 Å². The molecular formula is C15H13O2-. The molecule has 0 aliphatic rings. The Bertz CT molecular complexity index is 571. The van der Waals surface area contributed by atoms with Crippen molar-refractivity contribution in [2.75, 3.05) is 0 Å². The summed E-state index contributed by atoms with van der Waals surface area (Å²) in [5.41, 5.74) is 4.12. The maximum absolute atomic E-state index is 11.1. The van der Waals surface area contributed by atoms with Crippen LogP contribution in [0.4, 0.5) is 0 Å². The van der Waals surface area contributed by atoms with E-state index < -0.39 is 5.97 Å². The maximum Gasteiger partial charge on any atom is 0.0721 e. The molecule has 2 rings (SSSR count). The third kappa shape index (κ3) is 2.21. The number of rotatable bonds is 2. The third-order valence-corrected chi connectivity index (χ3v) is 2.82. The molecule has 2 nitrogen and oxygen atoms in total. The lowest BCUT2D eigenvalue weighted by molar-refractivity contribution is -0.254. The van der Waals surface area contributed by atoms with Gasteiger partial charge in [-0.3, -0.25) is 0 Å². The number of hydrogen-bond donors (Lipinski definition) is 0. The lowest BCUT2D eigenvalue weighted by atomic mass is 9.95. The second kappa shape index (κ2) is 4.42. The largest absolute Gasteiger partial charge is 0.545 e. The normalized spacial score (nSPS) is 10.2. The minimum Gasteiger partial charge on any atom is -0.545 e. The van der Waals surface area contributed by atoms with E-state index in [1.54, 1.807) is 12.1 Å². The zero-order chi connectivity index (χ0) is 12.4. The number of carbonyl (C=O) groups is 1. The van der Waals surface area contributed by atoms with Crippen molar-refractivity contribution in [2.45, 2.75) is 13.8 Å². The quantitative estimate of drug-likeness (QED) is 0.787. The van der Waals surface area contributed by atoms with Crippen LogP contribution in [0.25, 0.3) is 11.1 Å². The second-order valence-electron chi connectivity index (χ2n) is 4.15. The van der Waals surface area contributed by atoms with Crippen molar-refractivity contribution in [3.8, 4) is 11.1 Å². The van der Waals surface area contributed by atoms with E-state index in [0.717, 1.165) is 16.7 Å². The molecule has 0 N–H and O–H groups in total. The Morgan fingerprint density at radius 2 is 1.71 bits per heavy atom. The van der Waals surface area contributed by atoms with Crippen LogP contribution in [-0.4, -0.2) is 5.97 Å². The molecule has 0 amide bonds. The van der Waals surface area contributed by atoms with Gasteiger partial charge in [-0.05, 0) is 30.5 Å². The maximum atomic E-state index is 11.1. The summed E-state index contributed by atoms with van der Waals surface area (Å²) in [6.45, 7) is 4.00. The van der Waals surface area contributed by atoms with Crippen LogP contribution in [0.15, 0.2) is 42.5 Å². The molecule has 0 radical (unpaired) electrons. The summed E-state index contributed by atoms with van der Waals surface area (Å²) < 4.78 is 0. The molecule has 0 aliphatic carbocycles. The van der Waals surface area contributed by atoms with Gasteiger partial charge in [-0.25, -0.2) is 0 Å². The predicted molar refractivity (Wildman–Crippen MR) is 65.7 cm³/mol. The van der Waals surface area contributed by atoms with Crippen molar-refractivity contribution in [1.82, 2.24) is 0 Å². The van der Waals surface area contributed by atoms with Gasteiger partial charge >= 0.3 is 0 Å². The summed E-state index contributed by atoms with van der Waals surface area (Å²) in [4.78, 5) is 11.1. The molecule has 86 valence electrons. The van der Waals surface area contributed by atoms with Gasteiger partial charge in [0.25, 0.3) is 0 Å². The molecule has 2 aromatic carbocycles. The zero-order valence-electron chi connectivity index (χ0n) is 9.86. The standard InChI is InChI=1S/C15H14O2/c1-10-7-8-12(11(2)9-10)13-5-3-4-6-14(13)15(16)17/h3-9H,1-2H3,(H,16,17)/p-1. The number of benzene rings is 2. The highest BCUT2D eigenvalue weighted by Crippen LogP contribution is 2.27. The van der Waals surface area contributed by atoms with Crippen LogP contribution < -0.4 is 5.11 Å². The van der Waals surface area contributed by atoms with Crippen LogP contribution in [-0.2, 0) is 0 Å². The molecule has 17 heavy (non-hydrogen) atoms. The Morgan fingerprint density at radius 1 is 1.00 bits per heavy atom. The first-order chi connectivity index (χ1) is 8.09. The summed E-state index contributed by atoms with van der Waals surface area (Å²) in [6.07, 6.45) is 0. The van der Waals surface area contributed by atoms with Crippen molar-refractivity contribution < 1.29 is 9.90 Å². The van der Waals surface area contributed by atoms with Crippen molar-refractivity contribution in [1.29, 1.82) is 0 Å². The Labute approximate surface area is 101 Å². The molecular weight excluding hydrogens is 212 g/mol. The average molecular weight is 225 g/mol. The highest BCUT2D eigenvalue weighted by Gasteiger charge is 2.07. The number of hydrogen-bond acceptors (Lipinski definition) is 2. The van der Waals surface area contributed by atoms with E-state index in [1.807, 2.05) is 44.2 Å². The van der Waals surface area contributed by atoms with Crippen molar-refractivity contribution >= 4 is 5.97 Å². The first-order valence-electron chi connectivity index (χ1n) is 5.47. The summed E-state index contributed by atoms with van der Waals surface area (Å²) in [6, 6.07) is 12.9. The van der Waals surface area contributed by atoms with Gasteiger partial charge in [0, 0.05) is 5.56 Å². The Kier molecular flexibility index (Phi) is 2.96. The average Bonchev–Trinajstić information content (AvgIpc) is 2.29. The van der Waals surface area contributed by atoms with E-state index >= 15 is 0 Å². The molecule has 0 aliphatic heterocycles. The molecule has 0 saturated carbocycles. The summed E-state index contributed by atoms with van der Waals surface area (Å²) in [5, 5.41) is 11.1. The molecule has 0 heterocycles. The monoisotopic (exact) mass is 225 g/mol. The van der Waals surface area contributed by atoms with Crippen molar-refractivity contribution in [3.05, 3.63) is 59.2 Å². The number of carboxylic acids is 1. The molecule has 0 saturated heterocycles. The molecule has 0 unspecified atom stereocenters. The Hall–Kier alpha value is -2.09. The highest BCUT2D eigenvalue weighted by atomic mass is 16.4. The van der Waals surface area contributed by atoms with Gasteiger partial charge in [-0.15, -0.1) is 0 Å². The second-order valence-corrected chi connectivity index (χ2v) is 4.15. The first kappa shape index (κ1) is 11.4. The van der Waals surface area contributed by atoms with E-state index in [4.69, 9.17) is 0 Å². The summed E-state index contributed by atoms with van der Waals surface area (Å²) in [7, 11) is 0. The summed E-state index contributed by atoms with van der Waals surface area (Å²) >= 11 is 0. The van der Waals surface area contributed by atoms with E-state index in [9.17, 15) is 9.90 Å². The SMILES string of the molecule is Cc1ccc(-c2ccccc2C(=O)[O-])c(C)c1. The molecule has 0 aromatic heterocycles. The minimum atomic E-state index is -1.14. The fraction of sp³-hybridized carbons (Fsp3) is 0.133. The lowest BCUT2D eigenvalue weighted by Crippen LogP contribution is -2.23. The van der Waals surface area contributed by atoms with E-state index in [-0.39, 0.29) is 5.56 Å². The van der Waals surface area contributed by atoms with Gasteiger partial charge < -0.3 is 9.90 Å². The minimum absolute atomic E-state index is 0.236. The van der Waals surface area contributed by atoms with Gasteiger partial charge in [0.2, 0.25) is 0 Å². The Morgan fingerprint density at radius 3 is 2.35 bits per heavy atom. The van der Waals surface area contributed by atoms with Crippen LogP contribution in [0.3, 0.4) is 0 Å². The van der Waals surface area contributed by atoms with E-state index in [1.165, 1.54) is 0 Å². The van der Waals surface area contributed by atoms with Gasteiger partial charge in [-0.2, -0.15) is 0 Å². The molecule has 0 fully saturated rings. The zero-order valence-corrected chi connectivity index (χ0v) is 9.86. The molecule has 2 aromatic rings. The van der Waals surface area contributed by atoms with Gasteiger partial charge in [0.1, 0.15) is 0 Å². The van der Waals surface area contributed by atoms with Gasteiger partial charge in [-0.1, -0.05) is 48.0 Å². The molecule has 0 bridgehead atoms. The van der Waals surface area contributed by atoms with E-state index in [2.05, 4.69) is 0 Å². The van der Waals surface area contributed by atoms with Crippen LogP contribution in [0.2, 0.25) is 0 Å². The summed E-state index contributed by atoms with van der Waals surface area (Å²) in [5.74, 6) is -1.14. The van der Waals surface area contributed by atoms with Crippen LogP contribution in [0.1, 0.15) is 21.5 Å². The Balaban J connectivity index is 2.64. The molecule has 0 atom stereocenters. The third-order valence-electron chi connectivity index (χ3n) is 2.82. The number of carboxylic acid groups (broad SMARTS) is 1. The molecule has 0 spiro atoms. The van der Waals surface area contributed by atoms with Gasteiger partial charge in [0.05, 0.1) is 5.97 Å². The number of carbonyl (C=O) groups excluding carboxylic acids is 1. The number of aromatic carboxylic acids is 1. The molecule has 2 heteroatoms. The smallest absolute Gasteiger partial charge is 0.0721 e. The number of aryl methyl sites for hydroxylation is 2. The van der Waals surface area contributed by atoms with Gasteiger partial charge in [0.15, 0.2) is 0 Å². The van der Waals surface area contributed by atoms with Crippen LogP contribution in [0.5, 0.6) is 0 Å². The lowest BCUT2D eigenvalue weighted by Gasteiger charge is -2.13. The first-order valence-corrected chi connectivity index (χ1v) is 5.47. The van der Waals surface area contributed by atoms with Crippen molar-refractivity contribution in [3.63, 3.8) is 0 Å². The fourth-order valence-corrected chi connectivity index (χ4v) is 2.01. The van der Waals surface area contributed by atoms with Crippen molar-refractivity contribution in [2.24, 2.45) is 0 Å². The van der Waals surface area contributed by atoms with E-state index in [0.29, 0.717) is 5.56 Å². The highest BCUT2D eigenvalue weighted by molar-refractivity contribution is 5.95. The van der Waals surface area contributed by atoms with Crippen LogP contribution >= 0.6 is 0 Å². The topological polar surface area (TPSA) is 40.1 Å². The predicted octanol–water partition coefficient (Wildman–Crippen LogP) is 2.33.